The Morgan fingerprint density at radius 1 is 0.889 bits per heavy atom. The minimum atomic E-state index is -0.638. The normalized spacial score (nSPS) is 10.4. The molecule has 0 spiro atoms. The van der Waals surface area contributed by atoms with E-state index in [0.29, 0.717) is 28.5 Å². The van der Waals surface area contributed by atoms with Crippen molar-refractivity contribution in [1.29, 1.82) is 0 Å². The molecule has 0 aliphatic rings. The van der Waals surface area contributed by atoms with Gasteiger partial charge in [-0.25, -0.2) is 4.79 Å². The van der Waals surface area contributed by atoms with Crippen LogP contribution in [0.4, 0.5) is 10.7 Å². The van der Waals surface area contributed by atoms with E-state index in [1.807, 2.05) is 25.1 Å². The van der Waals surface area contributed by atoms with Gasteiger partial charge in [-0.1, -0.05) is 12.1 Å². The molecule has 0 saturated heterocycles. The van der Waals surface area contributed by atoms with Gasteiger partial charge in [-0.15, -0.1) is 11.3 Å². The molecule has 9 nitrogen and oxygen atoms in total. The first kappa shape index (κ1) is 26.6. The van der Waals surface area contributed by atoms with Gasteiger partial charge < -0.3 is 29.6 Å². The zero-order chi connectivity index (χ0) is 26.4. The van der Waals surface area contributed by atoms with Gasteiger partial charge in [0.25, 0.3) is 11.8 Å². The number of methoxy groups -OCH3 is 3. The maximum Gasteiger partial charge on any atom is 0.341 e. The second-order valence-electron chi connectivity index (χ2n) is 7.67. The molecule has 0 aliphatic heterocycles. The van der Waals surface area contributed by atoms with Crippen LogP contribution in [0.5, 0.6) is 17.2 Å². The van der Waals surface area contributed by atoms with Crippen molar-refractivity contribution in [2.75, 3.05) is 38.6 Å². The third kappa shape index (κ3) is 5.60. The zero-order valence-corrected chi connectivity index (χ0v) is 21.8. The summed E-state index contributed by atoms with van der Waals surface area (Å²) in [5.41, 5.74) is 2.34. The molecule has 10 heteroatoms. The second-order valence-corrected chi connectivity index (χ2v) is 8.69. The van der Waals surface area contributed by atoms with Crippen LogP contribution in [0, 0.1) is 13.8 Å². The van der Waals surface area contributed by atoms with Crippen LogP contribution in [0.15, 0.2) is 36.4 Å². The number of benzene rings is 2. The number of thiophene rings is 1. The molecule has 190 valence electrons. The smallest absolute Gasteiger partial charge is 0.341 e. The fourth-order valence-corrected chi connectivity index (χ4v) is 4.65. The Morgan fingerprint density at radius 3 is 2.11 bits per heavy atom. The van der Waals surface area contributed by atoms with Crippen LogP contribution < -0.4 is 24.8 Å². The maximum absolute atomic E-state index is 13.2. The van der Waals surface area contributed by atoms with Crippen LogP contribution in [0.25, 0.3) is 0 Å². The number of carbonyl (C=O) groups excluding carboxylic acids is 3. The van der Waals surface area contributed by atoms with E-state index in [1.165, 1.54) is 33.5 Å². The number of nitrogens with one attached hydrogen (secondary N) is 2. The Morgan fingerprint density at radius 2 is 1.56 bits per heavy atom. The second kappa shape index (κ2) is 11.6. The van der Waals surface area contributed by atoms with Crippen molar-refractivity contribution in [3.8, 4) is 17.2 Å². The number of ether oxygens (including phenoxy) is 4. The quantitative estimate of drug-likeness (QED) is 0.385. The zero-order valence-electron chi connectivity index (χ0n) is 20.9. The SMILES string of the molecule is CCOC(=O)c1c(NC(=O)c2cc(OC)c(OC)c(OC)c2)sc(C(=O)Nc2cccc(C)c2)c1C. The van der Waals surface area contributed by atoms with Gasteiger partial charge in [-0.05, 0) is 56.2 Å². The number of rotatable bonds is 9. The van der Waals surface area contributed by atoms with Crippen LogP contribution in [-0.2, 0) is 4.74 Å². The number of amides is 2. The molecule has 3 rings (SSSR count). The van der Waals surface area contributed by atoms with Gasteiger partial charge in [0.15, 0.2) is 11.5 Å². The minimum absolute atomic E-state index is 0.122. The molecule has 0 atom stereocenters. The van der Waals surface area contributed by atoms with E-state index in [2.05, 4.69) is 10.6 Å². The molecule has 2 aromatic carbocycles. The average molecular weight is 513 g/mol. The Labute approximate surface area is 213 Å². The largest absolute Gasteiger partial charge is 0.493 e. The third-order valence-corrected chi connectivity index (χ3v) is 6.47. The molecular formula is C26H28N2O7S. The third-order valence-electron chi connectivity index (χ3n) is 5.26. The summed E-state index contributed by atoms with van der Waals surface area (Å²) in [6.45, 7) is 5.38. The van der Waals surface area contributed by atoms with E-state index in [0.717, 1.165) is 16.9 Å². The lowest BCUT2D eigenvalue weighted by Crippen LogP contribution is -2.15. The van der Waals surface area contributed by atoms with E-state index in [-0.39, 0.29) is 27.6 Å². The van der Waals surface area contributed by atoms with Crippen LogP contribution in [0.3, 0.4) is 0 Å². The molecule has 2 amide bonds. The number of esters is 1. The van der Waals surface area contributed by atoms with E-state index >= 15 is 0 Å². The summed E-state index contributed by atoms with van der Waals surface area (Å²) >= 11 is 0.990. The highest BCUT2D eigenvalue weighted by Gasteiger charge is 2.27. The van der Waals surface area contributed by atoms with Crippen LogP contribution >= 0.6 is 11.3 Å². The molecule has 3 aromatic rings. The lowest BCUT2D eigenvalue weighted by molar-refractivity contribution is 0.0527. The van der Waals surface area contributed by atoms with Gasteiger partial charge in [0.05, 0.1) is 38.4 Å². The fourth-order valence-electron chi connectivity index (χ4n) is 3.57. The van der Waals surface area contributed by atoms with Gasteiger partial charge in [-0.3, -0.25) is 9.59 Å². The fraction of sp³-hybridized carbons (Fsp3) is 0.269. The predicted molar refractivity (Wildman–Crippen MR) is 138 cm³/mol. The number of carbonyl (C=O) groups is 3. The lowest BCUT2D eigenvalue weighted by atomic mass is 10.1. The summed E-state index contributed by atoms with van der Waals surface area (Å²) in [6, 6.07) is 10.3. The van der Waals surface area contributed by atoms with Crippen LogP contribution in [-0.4, -0.2) is 45.7 Å². The van der Waals surface area contributed by atoms with Crippen molar-refractivity contribution in [3.63, 3.8) is 0 Å². The summed E-state index contributed by atoms with van der Waals surface area (Å²) in [5.74, 6) is -0.637. The molecule has 0 bridgehead atoms. The Hall–Kier alpha value is -4.05. The number of hydrogen-bond donors (Lipinski definition) is 2. The molecule has 1 aromatic heterocycles. The van der Waals surface area contributed by atoms with E-state index in [9.17, 15) is 14.4 Å². The first-order chi connectivity index (χ1) is 17.2. The highest BCUT2D eigenvalue weighted by atomic mass is 32.1. The first-order valence-corrected chi connectivity index (χ1v) is 11.9. The summed E-state index contributed by atoms with van der Waals surface area (Å²) < 4.78 is 21.1. The van der Waals surface area contributed by atoms with E-state index in [4.69, 9.17) is 18.9 Å². The molecule has 1 heterocycles. The molecule has 0 unspecified atom stereocenters. The van der Waals surface area contributed by atoms with E-state index in [1.54, 1.807) is 19.9 Å². The molecule has 2 N–H and O–H groups in total. The van der Waals surface area contributed by atoms with Crippen molar-refractivity contribution in [2.24, 2.45) is 0 Å². The number of aryl methyl sites for hydroxylation is 1. The van der Waals surface area contributed by atoms with Crippen molar-refractivity contribution in [1.82, 2.24) is 0 Å². The molecule has 0 saturated carbocycles. The first-order valence-electron chi connectivity index (χ1n) is 11.0. The molecule has 0 radical (unpaired) electrons. The lowest BCUT2D eigenvalue weighted by Gasteiger charge is -2.14. The minimum Gasteiger partial charge on any atom is -0.493 e. The molecule has 0 aliphatic carbocycles. The van der Waals surface area contributed by atoms with Gasteiger partial charge in [-0.2, -0.15) is 0 Å². The van der Waals surface area contributed by atoms with Crippen molar-refractivity contribution < 1.29 is 33.3 Å². The van der Waals surface area contributed by atoms with Gasteiger partial charge in [0, 0.05) is 11.3 Å². The monoisotopic (exact) mass is 512 g/mol. The van der Waals surface area contributed by atoms with Crippen LogP contribution in [0.1, 0.15) is 48.4 Å². The number of hydrogen-bond acceptors (Lipinski definition) is 8. The summed E-state index contributed by atoms with van der Waals surface area (Å²) in [4.78, 5) is 39.3. The van der Waals surface area contributed by atoms with Crippen molar-refractivity contribution in [2.45, 2.75) is 20.8 Å². The summed E-state index contributed by atoms with van der Waals surface area (Å²) in [7, 11) is 4.35. The maximum atomic E-state index is 13.2. The van der Waals surface area contributed by atoms with Crippen molar-refractivity contribution in [3.05, 3.63) is 63.5 Å². The topological polar surface area (TPSA) is 112 Å². The van der Waals surface area contributed by atoms with Gasteiger partial charge in [0.2, 0.25) is 5.75 Å². The summed E-state index contributed by atoms with van der Waals surface area (Å²) in [5, 5.41) is 5.77. The molecular weight excluding hydrogens is 484 g/mol. The molecule has 0 fully saturated rings. The standard InChI is InChI=1S/C26H28N2O7S/c1-7-35-26(31)20-15(3)22(24(30)27-17-10-8-9-14(2)11-17)36-25(20)28-23(29)16-12-18(32-4)21(34-6)19(13-16)33-5/h8-13H,7H2,1-6H3,(H,27,30)(H,28,29). The molecule has 36 heavy (non-hydrogen) atoms. The average Bonchev–Trinajstić information content (AvgIpc) is 3.18. The highest BCUT2D eigenvalue weighted by Crippen LogP contribution is 2.39. The van der Waals surface area contributed by atoms with Crippen LogP contribution in [0.2, 0.25) is 0 Å². The van der Waals surface area contributed by atoms with Gasteiger partial charge in [0.1, 0.15) is 5.00 Å². The Balaban J connectivity index is 1.99. The van der Waals surface area contributed by atoms with E-state index < -0.39 is 17.8 Å². The highest BCUT2D eigenvalue weighted by molar-refractivity contribution is 7.19. The Bertz CT molecular complexity index is 1270. The predicted octanol–water partition coefficient (Wildman–Crippen LogP) is 5.07. The number of anilines is 2. The van der Waals surface area contributed by atoms with Crippen molar-refractivity contribution >= 4 is 39.8 Å². The summed E-state index contributed by atoms with van der Waals surface area (Å²) in [6.07, 6.45) is 0. The Kier molecular flexibility index (Phi) is 8.55. The van der Waals surface area contributed by atoms with Gasteiger partial charge >= 0.3 is 5.97 Å².